The Kier molecular flexibility index (Phi) is 5.41. The molecule has 0 saturated heterocycles. The largest absolute Gasteiger partial charge is 0.496 e. The Morgan fingerprint density at radius 3 is 2.44 bits per heavy atom. The molecule has 0 atom stereocenters. The molecule has 0 fully saturated rings. The Balaban J connectivity index is 1.62. The summed E-state index contributed by atoms with van der Waals surface area (Å²) in [5, 5.41) is 6.28. The smallest absolute Gasteiger partial charge is 0.224 e. The summed E-state index contributed by atoms with van der Waals surface area (Å²) < 4.78 is 19.0. The van der Waals surface area contributed by atoms with Crippen molar-refractivity contribution in [3.8, 4) is 5.75 Å². The van der Waals surface area contributed by atoms with Crippen LogP contribution in [-0.2, 0) is 13.1 Å². The summed E-state index contributed by atoms with van der Waals surface area (Å²) in [4.78, 5) is 8.60. The number of aromatic nitrogens is 2. The zero-order chi connectivity index (χ0) is 17.5. The van der Waals surface area contributed by atoms with Gasteiger partial charge in [-0.2, -0.15) is 4.98 Å². The van der Waals surface area contributed by atoms with E-state index in [1.807, 2.05) is 24.3 Å². The van der Waals surface area contributed by atoms with Crippen molar-refractivity contribution in [1.82, 2.24) is 9.97 Å². The summed E-state index contributed by atoms with van der Waals surface area (Å²) in [5.74, 6) is 1.69. The van der Waals surface area contributed by atoms with Crippen LogP contribution < -0.4 is 15.4 Å². The van der Waals surface area contributed by atoms with Gasteiger partial charge in [-0.3, -0.25) is 0 Å². The first-order chi connectivity index (χ1) is 12.3. The van der Waals surface area contributed by atoms with Gasteiger partial charge in [-0.1, -0.05) is 36.4 Å². The Morgan fingerprint density at radius 2 is 1.64 bits per heavy atom. The maximum Gasteiger partial charge on any atom is 0.224 e. The van der Waals surface area contributed by atoms with Crippen LogP contribution in [0.25, 0.3) is 0 Å². The molecule has 0 unspecified atom stereocenters. The summed E-state index contributed by atoms with van der Waals surface area (Å²) >= 11 is 0. The molecule has 0 aliphatic rings. The molecular weight excluding hydrogens is 319 g/mol. The predicted octanol–water partition coefficient (Wildman–Crippen LogP) is 3.85. The number of para-hydroxylation sites is 1. The predicted molar refractivity (Wildman–Crippen MR) is 96.1 cm³/mol. The fourth-order valence-electron chi connectivity index (χ4n) is 2.39. The second kappa shape index (κ2) is 8.10. The van der Waals surface area contributed by atoms with Crippen molar-refractivity contribution in [3.05, 3.63) is 77.7 Å². The van der Waals surface area contributed by atoms with Crippen LogP contribution in [0.4, 0.5) is 16.2 Å². The third-order valence-corrected chi connectivity index (χ3v) is 3.70. The van der Waals surface area contributed by atoms with Crippen LogP contribution >= 0.6 is 0 Å². The maximum absolute atomic E-state index is 13.7. The summed E-state index contributed by atoms with van der Waals surface area (Å²) in [5.41, 5.74) is 1.60. The molecule has 3 aromatic rings. The average molecular weight is 338 g/mol. The van der Waals surface area contributed by atoms with Crippen molar-refractivity contribution in [3.63, 3.8) is 0 Å². The molecule has 1 heterocycles. The van der Waals surface area contributed by atoms with E-state index in [1.54, 1.807) is 37.6 Å². The number of methoxy groups -OCH3 is 1. The van der Waals surface area contributed by atoms with E-state index in [0.29, 0.717) is 30.4 Å². The molecule has 0 bridgehead atoms. The molecular formula is C19H19FN4O. The molecule has 5 nitrogen and oxygen atoms in total. The van der Waals surface area contributed by atoms with E-state index in [-0.39, 0.29) is 5.82 Å². The van der Waals surface area contributed by atoms with E-state index < -0.39 is 0 Å². The molecule has 0 radical (unpaired) electrons. The van der Waals surface area contributed by atoms with Crippen molar-refractivity contribution >= 4 is 11.8 Å². The molecule has 0 aliphatic carbocycles. The Morgan fingerprint density at radius 1 is 0.920 bits per heavy atom. The molecule has 0 amide bonds. The van der Waals surface area contributed by atoms with E-state index in [1.165, 1.54) is 6.07 Å². The summed E-state index contributed by atoms with van der Waals surface area (Å²) in [6, 6.07) is 16.2. The SMILES string of the molecule is COc1ccccc1CNc1nccc(NCc2ccccc2F)n1. The van der Waals surface area contributed by atoms with Crippen molar-refractivity contribution < 1.29 is 9.13 Å². The van der Waals surface area contributed by atoms with Crippen molar-refractivity contribution in [1.29, 1.82) is 0 Å². The van der Waals surface area contributed by atoms with E-state index >= 15 is 0 Å². The van der Waals surface area contributed by atoms with Crippen LogP contribution in [-0.4, -0.2) is 17.1 Å². The van der Waals surface area contributed by atoms with Crippen LogP contribution in [0.3, 0.4) is 0 Å². The first-order valence-electron chi connectivity index (χ1n) is 7.92. The van der Waals surface area contributed by atoms with Gasteiger partial charge < -0.3 is 15.4 Å². The third kappa shape index (κ3) is 4.44. The number of hydrogen-bond donors (Lipinski definition) is 2. The Bertz CT molecular complexity index is 841. The normalized spacial score (nSPS) is 10.3. The highest BCUT2D eigenvalue weighted by Gasteiger charge is 2.05. The number of benzene rings is 2. The fourth-order valence-corrected chi connectivity index (χ4v) is 2.39. The number of nitrogens with one attached hydrogen (secondary N) is 2. The molecule has 6 heteroatoms. The van der Waals surface area contributed by atoms with Crippen LogP contribution in [0.2, 0.25) is 0 Å². The number of rotatable bonds is 7. The quantitative estimate of drug-likeness (QED) is 0.685. The topological polar surface area (TPSA) is 59.1 Å². The van der Waals surface area contributed by atoms with Gasteiger partial charge in [0.1, 0.15) is 17.4 Å². The standard InChI is InChI=1S/C19H19FN4O/c1-25-17-9-5-3-7-15(17)13-23-19-21-11-10-18(24-19)22-12-14-6-2-4-8-16(14)20/h2-11H,12-13H2,1H3,(H2,21,22,23,24). The van der Waals surface area contributed by atoms with E-state index in [2.05, 4.69) is 20.6 Å². The second-order valence-corrected chi connectivity index (χ2v) is 5.38. The molecule has 2 aromatic carbocycles. The molecule has 25 heavy (non-hydrogen) atoms. The van der Waals surface area contributed by atoms with Crippen molar-refractivity contribution in [2.45, 2.75) is 13.1 Å². The lowest BCUT2D eigenvalue weighted by molar-refractivity contribution is 0.410. The summed E-state index contributed by atoms with van der Waals surface area (Å²) in [6.45, 7) is 0.899. The maximum atomic E-state index is 13.7. The molecule has 128 valence electrons. The summed E-state index contributed by atoms with van der Waals surface area (Å²) in [6.07, 6.45) is 1.65. The summed E-state index contributed by atoms with van der Waals surface area (Å²) in [7, 11) is 1.64. The van der Waals surface area contributed by atoms with Crippen LogP contribution in [0.5, 0.6) is 5.75 Å². The van der Waals surface area contributed by atoms with Gasteiger partial charge in [0.15, 0.2) is 0 Å². The van der Waals surface area contributed by atoms with Gasteiger partial charge in [-0.05, 0) is 18.2 Å². The fraction of sp³-hybridized carbons (Fsp3) is 0.158. The molecule has 3 rings (SSSR count). The van der Waals surface area contributed by atoms with Crippen LogP contribution in [0, 0.1) is 5.82 Å². The second-order valence-electron chi connectivity index (χ2n) is 5.38. The third-order valence-electron chi connectivity index (χ3n) is 3.70. The van der Waals surface area contributed by atoms with Gasteiger partial charge in [0.2, 0.25) is 5.95 Å². The average Bonchev–Trinajstić information content (AvgIpc) is 2.66. The lowest BCUT2D eigenvalue weighted by Gasteiger charge is -2.11. The minimum Gasteiger partial charge on any atom is -0.496 e. The van der Waals surface area contributed by atoms with Gasteiger partial charge in [0.25, 0.3) is 0 Å². The van der Waals surface area contributed by atoms with Gasteiger partial charge in [-0.25, -0.2) is 9.37 Å². The molecule has 0 aliphatic heterocycles. The number of hydrogen-bond acceptors (Lipinski definition) is 5. The zero-order valence-corrected chi connectivity index (χ0v) is 13.9. The lowest BCUT2D eigenvalue weighted by atomic mass is 10.2. The lowest BCUT2D eigenvalue weighted by Crippen LogP contribution is -2.08. The van der Waals surface area contributed by atoms with Crippen LogP contribution in [0.1, 0.15) is 11.1 Å². The van der Waals surface area contributed by atoms with E-state index in [4.69, 9.17) is 4.74 Å². The first kappa shape index (κ1) is 16.7. The zero-order valence-electron chi connectivity index (χ0n) is 13.9. The molecule has 0 spiro atoms. The van der Waals surface area contributed by atoms with Gasteiger partial charge in [0.05, 0.1) is 7.11 Å². The molecule has 1 aromatic heterocycles. The number of anilines is 2. The monoisotopic (exact) mass is 338 g/mol. The van der Waals surface area contributed by atoms with E-state index in [0.717, 1.165) is 11.3 Å². The number of halogens is 1. The first-order valence-corrected chi connectivity index (χ1v) is 7.92. The number of nitrogens with zero attached hydrogens (tertiary/aromatic N) is 2. The number of ether oxygens (including phenoxy) is 1. The highest BCUT2D eigenvalue weighted by atomic mass is 19.1. The Hall–Kier alpha value is -3.15. The minimum absolute atomic E-state index is 0.237. The van der Waals surface area contributed by atoms with Crippen LogP contribution in [0.15, 0.2) is 60.8 Å². The highest BCUT2D eigenvalue weighted by Crippen LogP contribution is 2.18. The molecule has 2 N–H and O–H groups in total. The van der Waals surface area contributed by atoms with Crippen molar-refractivity contribution in [2.75, 3.05) is 17.7 Å². The van der Waals surface area contributed by atoms with Crippen molar-refractivity contribution in [2.24, 2.45) is 0 Å². The minimum atomic E-state index is -0.237. The van der Waals surface area contributed by atoms with Gasteiger partial charge in [0, 0.05) is 30.4 Å². The van der Waals surface area contributed by atoms with Gasteiger partial charge in [-0.15, -0.1) is 0 Å². The Labute approximate surface area is 145 Å². The highest BCUT2D eigenvalue weighted by molar-refractivity contribution is 5.42. The molecule has 0 saturated carbocycles. The van der Waals surface area contributed by atoms with Gasteiger partial charge >= 0.3 is 0 Å². The van der Waals surface area contributed by atoms with E-state index in [9.17, 15) is 4.39 Å².